The topological polar surface area (TPSA) is 93.6 Å². The van der Waals surface area contributed by atoms with Crippen LogP contribution in [0.2, 0.25) is 0 Å². The molecular weight excluding hydrogens is 620 g/mol. The number of rotatable bonds is 16. The molecule has 0 saturated carbocycles. The average molecular weight is 651 g/mol. The monoisotopic (exact) mass is 650 g/mol. The fourth-order valence-electron chi connectivity index (χ4n) is 4.30. The van der Waals surface area contributed by atoms with Crippen molar-refractivity contribution in [2.75, 3.05) is 10.4 Å². The van der Waals surface area contributed by atoms with E-state index in [1.54, 1.807) is 10.8 Å². The zero-order valence-electron chi connectivity index (χ0n) is 23.7. The van der Waals surface area contributed by atoms with Gasteiger partial charge in [0.2, 0.25) is 5.13 Å². The van der Waals surface area contributed by atoms with Crippen molar-refractivity contribution in [1.82, 2.24) is 9.97 Å². The number of halogens is 4. The van der Waals surface area contributed by atoms with Gasteiger partial charge in [0.1, 0.15) is 11.6 Å². The molecule has 2 aromatic carbocycles. The van der Waals surface area contributed by atoms with Crippen LogP contribution < -0.4 is 20.0 Å². The Morgan fingerprint density at radius 2 is 1.64 bits per heavy atom. The van der Waals surface area contributed by atoms with Crippen LogP contribution in [-0.4, -0.2) is 27.9 Å². The van der Waals surface area contributed by atoms with Crippen LogP contribution in [0.25, 0.3) is 0 Å². The first-order valence-electron chi connectivity index (χ1n) is 13.9. The molecule has 4 rings (SSSR count). The second-order valence-electron chi connectivity index (χ2n) is 9.75. The molecule has 2 heterocycles. The van der Waals surface area contributed by atoms with E-state index in [0.29, 0.717) is 36.9 Å². The number of ether oxygens (including phenoxy) is 1. The molecule has 0 radical (unpaired) electrons. The van der Waals surface area contributed by atoms with E-state index >= 15 is 0 Å². The molecule has 14 heteroatoms. The predicted molar refractivity (Wildman–Crippen MR) is 160 cm³/mol. The number of unbranched alkanes of at least 4 members (excludes halogenated alkanes) is 2. The molecular formula is C30H30F4N4O4S2. The van der Waals surface area contributed by atoms with Crippen molar-refractivity contribution >= 4 is 44.8 Å². The van der Waals surface area contributed by atoms with Gasteiger partial charge in [-0.25, -0.2) is 27.5 Å². The minimum Gasteiger partial charge on any atom is -0.480 e. The highest BCUT2D eigenvalue weighted by Gasteiger charge is 2.30. The van der Waals surface area contributed by atoms with Gasteiger partial charge in [-0.05, 0) is 49.9 Å². The van der Waals surface area contributed by atoms with Crippen molar-refractivity contribution in [2.45, 2.75) is 58.0 Å². The number of thiazole rings is 2. The summed E-state index contributed by atoms with van der Waals surface area (Å²) in [7, 11) is 0. The van der Waals surface area contributed by atoms with Crippen LogP contribution in [0.15, 0.2) is 59.6 Å². The lowest BCUT2D eigenvalue weighted by atomic mass is 9.94. The number of benzene rings is 2. The molecule has 1 N–H and O–H groups in total. The Labute approximate surface area is 259 Å². The van der Waals surface area contributed by atoms with Crippen molar-refractivity contribution in [3.05, 3.63) is 82.8 Å². The zero-order valence-corrected chi connectivity index (χ0v) is 25.3. The lowest BCUT2D eigenvalue weighted by molar-refractivity contribution is -0.127. The highest BCUT2D eigenvalue weighted by Crippen LogP contribution is 2.29. The molecule has 8 nitrogen and oxygen atoms in total. The molecule has 0 aliphatic rings. The minimum absolute atomic E-state index is 0.0107. The van der Waals surface area contributed by atoms with Gasteiger partial charge in [-0.3, -0.25) is 14.9 Å². The quantitative estimate of drug-likeness (QED) is 0.0752. The number of nitrogens with zero attached hydrogens (tertiary/aromatic N) is 3. The largest absolute Gasteiger partial charge is 0.480 e. The smallest absolute Gasteiger partial charge is 0.267 e. The Balaban J connectivity index is 1.44. The van der Waals surface area contributed by atoms with Crippen LogP contribution in [0.3, 0.4) is 0 Å². The molecule has 0 bridgehead atoms. The number of aromatic nitrogens is 2. The highest BCUT2D eigenvalue weighted by molar-refractivity contribution is 7.14. The van der Waals surface area contributed by atoms with Crippen molar-refractivity contribution < 1.29 is 36.7 Å². The first-order chi connectivity index (χ1) is 21.2. The molecule has 44 heavy (non-hydrogen) atoms. The van der Waals surface area contributed by atoms with Gasteiger partial charge in [-0.15, -0.1) is 27.7 Å². The van der Waals surface area contributed by atoms with Crippen LogP contribution >= 0.6 is 22.7 Å². The number of hydroxylamine groups is 1. The van der Waals surface area contributed by atoms with Gasteiger partial charge in [0.15, 0.2) is 34.4 Å². The summed E-state index contributed by atoms with van der Waals surface area (Å²) in [4.78, 5) is 40.6. The van der Waals surface area contributed by atoms with Crippen molar-refractivity contribution in [1.29, 1.82) is 0 Å². The average Bonchev–Trinajstić information content (AvgIpc) is 3.72. The molecule has 2 amide bonds. The molecule has 0 spiro atoms. The third kappa shape index (κ3) is 9.23. The minimum atomic E-state index is -1.11. The van der Waals surface area contributed by atoms with E-state index in [0.717, 1.165) is 53.5 Å². The highest BCUT2D eigenvalue weighted by atomic mass is 32.1. The number of hydrogen-bond donors (Lipinski definition) is 1. The number of nitrogens with one attached hydrogen (secondary N) is 1. The second-order valence-corrected chi connectivity index (χ2v) is 11.5. The predicted octanol–water partition coefficient (Wildman–Crippen LogP) is 7.94. The Morgan fingerprint density at radius 1 is 0.886 bits per heavy atom. The third-order valence-corrected chi connectivity index (χ3v) is 7.95. The molecule has 2 atom stereocenters. The van der Waals surface area contributed by atoms with Gasteiger partial charge >= 0.3 is 0 Å². The summed E-state index contributed by atoms with van der Waals surface area (Å²) in [6, 6.07) is 5.81. The zero-order chi connectivity index (χ0) is 31.5. The molecule has 2 unspecified atom stereocenters. The van der Waals surface area contributed by atoms with E-state index < -0.39 is 47.1 Å². The van der Waals surface area contributed by atoms with Crippen LogP contribution in [0.4, 0.5) is 27.8 Å². The van der Waals surface area contributed by atoms with Gasteiger partial charge in [0.05, 0.1) is 0 Å². The number of hydrogen-bond acceptors (Lipinski definition) is 8. The lowest BCUT2D eigenvalue weighted by Crippen LogP contribution is -2.39. The number of carbonyl (C=O) groups excluding carboxylic acids is 2. The van der Waals surface area contributed by atoms with Gasteiger partial charge in [0, 0.05) is 41.2 Å². The van der Waals surface area contributed by atoms with Crippen LogP contribution in [-0.2, 0) is 9.59 Å². The summed E-state index contributed by atoms with van der Waals surface area (Å²) in [5.41, 5.74) is 0. The van der Waals surface area contributed by atoms with E-state index in [4.69, 9.17) is 9.57 Å². The summed E-state index contributed by atoms with van der Waals surface area (Å²) in [5, 5.41) is 7.50. The summed E-state index contributed by atoms with van der Waals surface area (Å²) < 4.78 is 60.9. The van der Waals surface area contributed by atoms with Crippen LogP contribution in [0, 0.1) is 29.2 Å². The number of anilines is 2. The molecule has 2 aromatic heterocycles. The van der Waals surface area contributed by atoms with E-state index in [1.165, 1.54) is 29.8 Å². The standard InChI is InChI=1S/C30H30F4N4O4S2/c1-2-3-6-19(28(40)38(30-36-14-16-44-30)42-25-12-9-20(31)17-24(25)34)7-4-5-8-26(27(39)37-29-35-13-15-43-29)41-21-10-11-22(32)23(33)18-21/h9-19,26H,2-8H2,1H3,(H,35,37,39). The van der Waals surface area contributed by atoms with Crippen LogP contribution in [0.5, 0.6) is 11.5 Å². The first kappa shape index (κ1) is 32.9. The summed E-state index contributed by atoms with van der Waals surface area (Å²) in [6.45, 7) is 1.99. The maximum absolute atomic E-state index is 14.4. The molecule has 4 aromatic rings. The SMILES string of the molecule is CCCCC(CCCCC(Oc1ccc(F)c(F)c1)C(=O)Nc1nccs1)C(=O)N(Oc1ccc(F)cc1F)c1nccs1. The van der Waals surface area contributed by atoms with E-state index in [1.807, 2.05) is 6.92 Å². The van der Waals surface area contributed by atoms with Gasteiger partial charge in [-0.2, -0.15) is 0 Å². The summed E-state index contributed by atoms with van der Waals surface area (Å²) in [6.07, 6.45) is 5.61. The molecule has 0 saturated heterocycles. The van der Waals surface area contributed by atoms with Crippen LogP contribution in [0.1, 0.15) is 51.9 Å². The third-order valence-electron chi connectivity index (χ3n) is 6.53. The van der Waals surface area contributed by atoms with E-state index in [9.17, 15) is 27.2 Å². The van der Waals surface area contributed by atoms with E-state index in [2.05, 4.69) is 15.3 Å². The molecule has 0 fully saturated rings. The molecule has 234 valence electrons. The second kappa shape index (κ2) is 16.1. The Kier molecular flexibility index (Phi) is 12.1. The van der Waals surface area contributed by atoms with Gasteiger partial charge in [-0.1, -0.05) is 26.2 Å². The Bertz CT molecular complexity index is 1510. The fourth-order valence-corrected chi connectivity index (χ4v) is 5.42. The fraction of sp³-hybridized carbons (Fsp3) is 0.333. The van der Waals surface area contributed by atoms with E-state index in [-0.39, 0.29) is 23.1 Å². The maximum atomic E-state index is 14.4. The maximum Gasteiger partial charge on any atom is 0.267 e. The van der Waals surface area contributed by atoms with Crippen molar-refractivity contribution in [2.24, 2.45) is 5.92 Å². The molecule has 0 aliphatic carbocycles. The summed E-state index contributed by atoms with van der Waals surface area (Å²) >= 11 is 2.34. The Hall–Kier alpha value is -4.04. The first-order valence-corrected chi connectivity index (χ1v) is 15.7. The molecule has 0 aliphatic heterocycles. The lowest BCUT2D eigenvalue weighted by Gasteiger charge is -2.25. The van der Waals surface area contributed by atoms with Gasteiger partial charge < -0.3 is 9.57 Å². The van der Waals surface area contributed by atoms with Gasteiger partial charge in [0.25, 0.3) is 11.8 Å². The number of carbonyl (C=O) groups is 2. The Morgan fingerprint density at radius 3 is 2.32 bits per heavy atom. The summed E-state index contributed by atoms with van der Waals surface area (Å²) in [5.74, 6) is -5.70. The normalized spacial score (nSPS) is 12.4. The van der Waals surface area contributed by atoms with Crippen molar-refractivity contribution in [3.8, 4) is 11.5 Å². The van der Waals surface area contributed by atoms with Crippen molar-refractivity contribution in [3.63, 3.8) is 0 Å². The number of amides is 2.